The van der Waals surface area contributed by atoms with Crippen molar-refractivity contribution in [1.29, 1.82) is 0 Å². The average Bonchev–Trinajstić information content (AvgIpc) is 2.70. The first kappa shape index (κ1) is 16.2. The average molecular weight is 349 g/mol. The standard InChI is InChI=1S/C22H27N3O/c26-22-12-17(20-8-4-5-9-23-20)11-21-18-10-16(14-25(21)22)13-24(15-18)19-6-2-1-3-7-19/h4-5,8-9,11-12,16,18-19H,1-3,6-7,10,13-15H2/t16-,18+/m0/s1. The highest BCUT2D eigenvalue weighted by atomic mass is 16.1. The minimum absolute atomic E-state index is 0.143. The van der Waals surface area contributed by atoms with Crippen LogP contribution in [0.2, 0.25) is 0 Å². The molecule has 2 fully saturated rings. The zero-order valence-corrected chi connectivity index (χ0v) is 15.3. The molecule has 2 aromatic rings. The van der Waals surface area contributed by atoms with E-state index in [1.807, 2.05) is 22.8 Å². The lowest BCUT2D eigenvalue weighted by Crippen LogP contribution is -2.51. The van der Waals surface area contributed by atoms with Crippen LogP contribution in [0.4, 0.5) is 0 Å². The summed E-state index contributed by atoms with van der Waals surface area (Å²) in [6, 6.07) is 10.7. The van der Waals surface area contributed by atoms with Gasteiger partial charge in [-0.05, 0) is 43.4 Å². The fourth-order valence-corrected chi connectivity index (χ4v) is 5.42. The van der Waals surface area contributed by atoms with E-state index in [2.05, 4.69) is 16.0 Å². The van der Waals surface area contributed by atoms with Crippen molar-refractivity contribution in [2.24, 2.45) is 5.92 Å². The first-order chi connectivity index (χ1) is 12.8. The van der Waals surface area contributed by atoms with Gasteiger partial charge in [0.1, 0.15) is 0 Å². The molecule has 0 N–H and O–H groups in total. The highest BCUT2D eigenvalue weighted by Gasteiger charge is 2.37. The molecule has 4 heteroatoms. The predicted molar refractivity (Wildman–Crippen MR) is 103 cm³/mol. The fraction of sp³-hybridized carbons (Fsp3) is 0.545. The summed E-state index contributed by atoms with van der Waals surface area (Å²) in [7, 11) is 0. The summed E-state index contributed by atoms with van der Waals surface area (Å²) in [4.78, 5) is 20.0. The maximum atomic E-state index is 12.8. The summed E-state index contributed by atoms with van der Waals surface area (Å²) in [5.74, 6) is 1.11. The molecule has 1 saturated carbocycles. The number of hydrogen-bond donors (Lipinski definition) is 0. The monoisotopic (exact) mass is 349 g/mol. The van der Waals surface area contributed by atoms with E-state index in [-0.39, 0.29) is 5.56 Å². The number of hydrogen-bond acceptors (Lipinski definition) is 3. The van der Waals surface area contributed by atoms with E-state index in [1.165, 1.54) is 50.8 Å². The lowest BCUT2D eigenvalue weighted by molar-refractivity contribution is 0.0648. The van der Waals surface area contributed by atoms with Crippen LogP contribution in [-0.4, -0.2) is 33.6 Å². The van der Waals surface area contributed by atoms with Crippen LogP contribution >= 0.6 is 0 Å². The number of rotatable bonds is 2. The number of fused-ring (bicyclic) bond motifs is 4. The molecule has 0 amide bonds. The van der Waals surface area contributed by atoms with Crippen molar-refractivity contribution >= 4 is 0 Å². The number of likely N-dealkylation sites (tertiary alicyclic amines) is 1. The van der Waals surface area contributed by atoms with Gasteiger partial charge in [-0.2, -0.15) is 0 Å². The Morgan fingerprint density at radius 1 is 1.00 bits per heavy atom. The molecule has 0 aromatic carbocycles. The first-order valence-corrected chi connectivity index (χ1v) is 10.2. The van der Waals surface area contributed by atoms with Crippen molar-refractivity contribution in [2.75, 3.05) is 13.1 Å². The van der Waals surface area contributed by atoms with Gasteiger partial charge >= 0.3 is 0 Å². The van der Waals surface area contributed by atoms with Crippen molar-refractivity contribution in [1.82, 2.24) is 14.5 Å². The molecule has 0 spiro atoms. The smallest absolute Gasteiger partial charge is 0.251 e. The summed E-state index contributed by atoms with van der Waals surface area (Å²) in [6.45, 7) is 3.18. The summed E-state index contributed by atoms with van der Waals surface area (Å²) in [6.07, 6.45) is 9.93. The van der Waals surface area contributed by atoms with Gasteiger partial charge in [0.2, 0.25) is 0 Å². The molecule has 2 bridgehead atoms. The van der Waals surface area contributed by atoms with E-state index in [9.17, 15) is 4.79 Å². The van der Waals surface area contributed by atoms with E-state index in [4.69, 9.17) is 0 Å². The second-order valence-electron chi connectivity index (χ2n) is 8.38. The minimum Gasteiger partial charge on any atom is -0.312 e. The quantitative estimate of drug-likeness (QED) is 0.830. The van der Waals surface area contributed by atoms with Gasteiger partial charge in [-0.15, -0.1) is 0 Å². The SMILES string of the molecule is O=c1cc(-c2ccccn2)cc2n1C[C@H]1C[C@@H]2CN(C2CCCCC2)C1. The van der Waals surface area contributed by atoms with Crippen LogP contribution in [0.15, 0.2) is 41.3 Å². The van der Waals surface area contributed by atoms with Gasteiger partial charge in [-0.1, -0.05) is 25.3 Å². The van der Waals surface area contributed by atoms with Crippen molar-refractivity contribution < 1.29 is 0 Å². The summed E-state index contributed by atoms with van der Waals surface area (Å²) in [5.41, 5.74) is 3.24. The molecular formula is C22H27N3O. The molecule has 1 aliphatic carbocycles. The molecule has 2 atom stereocenters. The number of piperidine rings is 1. The second-order valence-corrected chi connectivity index (χ2v) is 8.38. The highest BCUT2D eigenvalue weighted by Crippen LogP contribution is 2.38. The molecule has 136 valence electrons. The topological polar surface area (TPSA) is 38.1 Å². The molecule has 5 rings (SSSR count). The Morgan fingerprint density at radius 2 is 1.88 bits per heavy atom. The Labute approximate surface area is 154 Å². The van der Waals surface area contributed by atoms with Crippen LogP contribution in [0.25, 0.3) is 11.3 Å². The zero-order chi connectivity index (χ0) is 17.5. The Hall–Kier alpha value is -1.94. The third-order valence-corrected chi connectivity index (χ3v) is 6.64. The van der Waals surface area contributed by atoms with Crippen molar-refractivity contribution in [3.63, 3.8) is 0 Å². The fourth-order valence-electron chi connectivity index (χ4n) is 5.42. The van der Waals surface area contributed by atoms with Crippen LogP contribution < -0.4 is 5.56 Å². The molecular weight excluding hydrogens is 322 g/mol. The van der Waals surface area contributed by atoms with Gasteiger partial charge in [0.15, 0.2) is 0 Å². The minimum atomic E-state index is 0.143. The summed E-state index contributed by atoms with van der Waals surface area (Å²) < 4.78 is 2.05. The van der Waals surface area contributed by atoms with Gasteiger partial charge in [0.05, 0.1) is 5.69 Å². The largest absolute Gasteiger partial charge is 0.312 e. The van der Waals surface area contributed by atoms with Gasteiger partial charge < -0.3 is 4.57 Å². The lowest BCUT2D eigenvalue weighted by Gasteiger charge is -2.46. The van der Waals surface area contributed by atoms with E-state index >= 15 is 0 Å². The number of nitrogens with zero attached hydrogens (tertiary/aromatic N) is 3. The lowest BCUT2D eigenvalue weighted by atomic mass is 9.80. The van der Waals surface area contributed by atoms with Crippen LogP contribution in [0, 0.1) is 5.92 Å². The van der Waals surface area contributed by atoms with E-state index in [0.29, 0.717) is 11.8 Å². The normalized spacial score (nSPS) is 26.5. The van der Waals surface area contributed by atoms with Crippen molar-refractivity contribution in [3.05, 3.63) is 52.6 Å². The second kappa shape index (κ2) is 6.66. The van der Waals surface area contributed by atoms with Gasteiger partial charge in [0.25, 0.3) is 5.56 Å². The van der Waals surface area contributed by atoms with Crippen LogP contribution in [0.1, 0.15) is 50.1 Å². The molecule has 3 aliphatic rings. The Bertz CT molecular complexity index is 838. The molecule has 4 nitrogen and oxygen atoms in total. The first-order valence-electron chi connectivity index (χ1n) is 10.2. The van der Waals surface area contributed by atoms with Crippen molar-refractivity contribution in [2.45, 2.75) is 57.0 Å². The third kappa shape index (κ3) is 2.90. The van der Waals surface area contributed by atoms with Gasteiger partial charge in [0, 0.05) is 55.1 Å². The summed E-state index contributed by atoms with van der Waals surface area (Å²) in [5, 5.41) is 0. The summed E-state index contributed by atoms with van der Waals surface area (Å²) >= 11 is 0. The van der Waals surface area contributed by atoms with E-state index in [0.717, 1.165) is 30.4 Å². The molecule has 1 saturated heterocycles. The molecule has 4 heterocycles. The third-order valence-electron chi connectivity index (χ3n) is 6.64. The predicted octanol–water partition coefficient (Wildman–Crippen LogP) is 3.66. The molecule has 0 unspecified atom stereocenters. The Balaban J connectivity index is 1.48. The van der Waals surface area contributed by atoms with Gasteiger partial charge in [-0.3, -0.25) is 14.7 Å². The highest BCUT2D eigenvalue weighted by molar-refractivity contribution is 5.59. The van der Waals surface area contributed by atoms with Gasteiger partial charge in [-0.25, -0.2) is 0 Å². The maximum Gasteiger partial charge on any atom is 0.251 e. The molecule has 2 aromatic heterocycles. The maximum absolute atomic E-state index is 12.8. The number of aromatic nitrogens is 2. The van der Waals surface area contributed by atoms with Crippen LogP contribution in [0.5, 0.6) is 0 Å². The number of pyridine rings is 2. The Kier molecular flexibility index (Phi) is 4.16. The van der Waals surface area contributed by atoms with Crippen LogP contribution in [0.3, 0.4) is 0 Å². The molecule has 0 radical (unpaired) electrons. The van der Waals surface area contributed by atoms with E-state index < -0.39 is 0 Å². The molecule has 2 aliphatic heterocycles. The van der Waals surface area contributed by atoms with E-state index in [1.54, 1.807) is 12.3 Å². The Morgan fingerprint density at radius 3 is 2.69 bits per heavy atom. The van der Waals surface area contributed by atoms with Crippen molar-refractivity contribution in [3.8, 4) is 11.3 Å². The zero-order valence-electron chi connectivity index (χ0n) is 15.3. The van der Waals surface area contributed by atoms with Crippen LogP contribution in [-0.2, 0) is 6.54 Å². The molecule has 26 heavy (non-hydrogen) atoms.